The largest absolute Gasteiger partial charge is 0.393 e. The monoisotopic (exact) mass is 312 g/mol. The van der Waals surface area contributed by atoms with Crippen molar-refractivity contribution in [1.82, 2.24) is 4.31 Å². The Balaban J connectivity index is 2.24. The summed E-state index contributed by atoms with van der Waals surface area (Å²) in [4.78, 5) is 0.903. The summed E-state index contributed by atoms with van der Waals surface area (Å²) < 4.78 is 26.9. The van der Waals surface area contributed by atoms with Crippen LogP contribution in [-0.4, -0.2) is 30.8 Å². The van der Waals surface area contributed by atoms with Crippen molar-refractivity contribution in [1.29, 1.82) is 0 Å². The second-order valence-corrected chi connectivity index (χ2v) is 7.73. The molecule has 1 aromatic rings. The van der Waals surface area contributed by atoms with Gasteiger partial charge in [0.05, 0.1) is 9.88 Å². The highest BCUT2D eigenvalue weighted by molar-refractivity contribution is 7.89. The van der Waals surface area contributed by atoms with Crippen LogP contribution in [0.5, 0.6) is 0 Å². The summed E-state index contributed by atoms with van der Waals surface area (Å²) in [6.45, 7) is 4.70. The molecule has 4 nitrogen and oxygen atoms in total. The Morgan fingerprint density at radius 2 is 1.90 bits per heavy atom. The lowest BCUT2D eigenvalue weighted by Gasteiger charge is -2.31. The molecule has 0 spiro atoms. The molecular formula is C14H20N2O2S2. The van der Waals surface area contributed by atoms with Crippen LogP contribution in [0.25, 0.3) is 0 Å². The molecule has 1 fully saturated rings. The van der Waals surface area contributed by atoms with E-state index in [9.17, 15) is 8.42 Å². The number of piperidine rings is 1. The Bertz CT molecular complexity index is 618. The quantitative estimate of drug-likeness (QED) is 0.867. The minimum Gasteiger partial charge on any atom is -0.393 e. The van der Waals surface area contributed by atoms with E-state index in [2.05, 4.69) is 0 Å². The third-order valence-electron chi connectivity index (χ3n) is 3.82. The zero-order chi connectivity index (χ0) is 14.9. The van der Waals surface area contributed by atoms with Crippen LogP contribution in [0, 0.1) is 19.8 Å². The van der Waals surface area contributed by atoms with E-state index in [0.29, 0.717) is 35.8 Å². The highest BCUT2D eigenvalue weighted by Gasteiger charge is 2.31. The highest BCUT2D eigenvalue weighted by Crippen LogP contribution is 2.26. The van der Waals surface area contributed by atoms with Crippen LogP contribution in [0.2, 0.25) is 0 Å². The van der Waals surface area contributed by atoms with E-state index in [1.807, 2.05) is 26.0 Å². The SMILES string of the molecule is Cc1ccc(C)c(S(=O)(=O)N2CCC(C(N)=S)CC2)c1. The molecule has 0 aliphatic carbocycles. The number of sulfonamides is 1. The van der Waals surface area contributed by atoms with Gasteiger partial charge in [0.15, 0.2) is 0 Å². The third-order valence-corrected chi connectivity index (χ3v) is 6.19. The van der Waals surface area contributed by atoms with Crippen LogP contribution in [0.3, 0.4) is 0 Å². The van der Waals surface area contributed by atoms with Crippen molar-refractivity contribution in [3.63, 3.8) is 0 Å². The summed E-state index contributed by atoms with van der Waals surface area (Å²) in [5.41, 5.74) is 7.38. The summed E-state index contributed by atoms with van der Waals surface area (Å²) in [7, 11) is -3.42. The Kier molecular flexibility index (Phi) is 4.46. The van der Waals surface area contributed by atoms with Gasteiger partial charge in [-0.3, -0.25) is 0 Å². The van der Waals surface area contributed by atoms with Gasteiger partial charge in [-0.2, -0.15) is 4.31 Å². The van der Waals surface area contributed by atoms with Gasteiger partial charge in [0.2, 0.25) is 10.0 Å². The zero-order valence-corrected chi connectivity index (χ0v) is 13.4. The van der Waals surface area contributed by atoms with E-state index in [4.69, 9.17) is 18.0 Å². The Hall–Kier alpha value is -0.980. The van der Waals surface area contributed by atoms with Crippen molar-refractivity contribution < 1.29 is 8.42 Å². The first-order chi connectivity index (χ1) is 9.32. The fourth-order valence-electron chi connectivity index (χ4n) is 2.50. The van der Waals surface area contributed by atoms with E-state index >= 15 is 0 Å². The first kappa shape index (κ1) is 15.4. The summed E-state index contributed by atoms with van der Waals surface area (Å²) in [6, 6.07) is 5.52. The van der Waals surface area contributed by atoms with Crippen molar-refractivity contribution in [2.75, 3.05) is 13.1 Å². The van der Waals surface area contributed by atoms with Crippen LogP contribution in [0.1, 0.15) is 24.0 Å². The van der Waals surface area contributed by atoms with Gasteiger partial charge in [-0.25, -0.2) is 8.42 Å². The van der Waals surface area contributed by atoms with E-state index in [1.165, 1.54) is 0 Å². The van der Waals surface area contributed by atoms with Crippen molar-refractivity contribution in [3.8, 4) is 0 Å². The fourth-order valence-corrected chi connectivity index (χ4v) is 4.52. The van der Waals surface area contributed by atoms with Gasteiger partial charge in [-0.05, 0) is 43.9 Å². The molecule has 0 atom stereocenters. The molecule has 0 bridgehead atoms. The van der Waals surface area contributed by atoms with Gasteiger partial charge >= 0.3 is 0 Å². The number of benzene rings is 1. The second-order valence-electron chi connectivity index (χ2n) is 5.35. The molecule has 1 aromatic carbocycles. The Labute approximate surface area is 126 Å². The normalized spacial score (nSPS) is 18.1. The first-order valence-corrected chi connectivity index (χ1v) is 8.54. The highest BCUT2D eigenvalue weighted by atomic mass is 32.2. The van der Waals surface area contributed by atoms with Crippen LogP contribution in [0.15, 0.2) is 23.1 Å². The molecule has 2 rings (SSSR count). The Morgan fingerprint density at radius 3 is 2.45 bits per heavy atom. The molecule has 0 amide bonds. The number of thiocarbonyl (C=S) groups is 1. The minimum atomic E-state index is -3.42. The molecule has 2 N–H and O–H groups in total. The number of hydrogen-bond donors (Lipinski definition) is 1. The van der Waals surface area contributed by atoms with Gasteiger partial charge < -0.3 is 5.73 Å². The van der Waals surface area contributed by atoms with Crippen molar-refractivity contribution in [3.05, 3.63) is 29.3 Å². The molecular weight excluding hydrogens is 292 g/mol. The van der Waals surface area contributed by atoms with Crippen molar-refractivity contribution in [2.24, 2.45) is 11.7 Å². The average molecular weight is 312 g/mol. The standard InChI is InChI=1S/C14H20N2O2S2/c1-10-3-4-11(2)13(9-10)20(17,18)16-7-5-12(6-8-16)14(15)19/h3-4,9,12H,5-8H2,1-2H3,(H2,15,19). The lowest BCUT2D eigenvalue weighted by atomic mass is 9.98. The van der Waals surface area contributed by atoms with Gasteiger partial charge in [0, 0.05) is 19.0 Å². The fraction of sp³-hybridized carbons (Fsp3) is 0.500. The molecule has 0 aromatic heterocycles. The number of nitrogens with zero attached hydrogens (tertiary/aromatic N) is 1. The molecule has 0 radical (unpaired) electrons. The van der Waals surface area contributed by atoms with E-state index in [-0.39, 0.29) is 5.92 Å². The number of rotatable bonds is 3. The predicted octanol–water partition coefficient (Wildman–Crippen LogP) is 1.99. The van der Waals surface area contributed by atoms with Gasteiger partial charge in [-0.1, -0.05) is 24.4 Å². The second kappa shape index (κ2) is 5.79. The summed E-state index contributed by atoms with van der Waals surface area (Å²) in [5.74, 6) is 0.162. The molecule has 6 heteroatoms. The topological polar surface area (TPSA) is 63.4 Å². The van der Waals surface area contributed by atoms with Crippen LogP contribution >= 0.6 is 12.2 Å². The third kappa shape index (κ3) is 3.02. The van der Waals surface area contributed by atoms with Crippen LogP contribution in [-0.2, 0) is 10.0 Å². The van der Waals surface area contributed by atoms with Crippen molar-refractivity contribution in [2.45, 2.75) is 31.6 Å². The van der Waals surface area contributed by atoms with E-state index in [0.717, 1.165) is 11.1 Å². The van der Waals surface area contributed by atoms with Gasteiger partial charge in [0.1, 0.15) is 0 Å². The van der Waals surface area contributed by atoms with Gasteiger partial charge in [0.25, 0.3) is 0 Å². The summed E-state index contributed by atoms with van der Waals surface area (Å²) in [5, 5.41) is 0. The number of nitrogens with two attached hydrogens (primary N) is 1. The maximum absolute atomic E-state index is 12.7. The first-order valence-electron chi connectivity index (χ1n) is 6.69. The van der Waals surface area contributed by atoms with E-state index in [1.54, 1.807) is 10.4 Å². The maximum atomic E-state index is 12.7. The molecule has 20 heavy (non-hydrogen) atoms. The van der Waals surface area contributed by atoms with E-state index < -0.39 is 10.0 Å². The van der Waals surface area contributed by atoms with Crippen LogP contribution in [0.4, 0.5) is 0 Å². The lowest BCUT2D eigenvalue weighted by Crippen LogP contribution is -2.41. The lowest BCUT2D eigenvalue weighted by molar-refractivity contribution is 0.316. The molecule has 1 saturated heterocycles. The number of hydrogen-bond acceptors (Lipinski definition) is 3. The maximum Gasteiger partial charge on any atom is 0.243 e. The summed E-state index contributed by atoms with van der Waals surface area (Å²) >= 11 is 4.99. The molecule has 0 unspecified atom stereocenters. The van der Waals surface area contributed by atoms with Crippen molar-refractivity contribution >= 4 is 27.2 Å². The zero-order valence-electron chi connectivity index (χ0n) is 11.8. The molecule has 1 heterocycles. The summed E-state index contributed by atoms with van der Waals surface area (Å²) in [6.07, 6.45) is 1.42. The van der Waals surface area contributed by atoms with Crippen LogP contribution < -0.4 is 5.73 Å². The molecule has 110 valence electrons. The van der Waals surface area contributed by atoms with Gasteiger partial charge in [-0.15, -0.1) is 0 Å². The molecule has 1 aliphatic rings. The smallest absolute Gasteiger partial charge is 0.243 e. The Morgan fingerprint density at radius 1 is 1.30 bits per heavy atom. The molecule has 1 aliphatic heterocycles. The predicted molar refractivity (Wildman–Crippen MR) is 84.2 cm³/mol. The molecule has 0 saturated carbocycles. The number of aryl methyl sites for hydroxylation is 2. The average Bonchev–Trinajstić information content (AvgIpc) is 2.41. The minimum absolute atomic E-state index is 0.162.